The van der Waals surface area contributed by atoms with E-state index in [1.165, 1.54) is 31.4 Å². The Morgan fingerprint density at radius 3 is 2.70 bits per heavy atom. The molecule has 0 spiro atoms. The molecule has 0 atom stereocenters. The molecule has 0 aliphatic rings. The summed E-state index contributed by atoms with van der Waals surface area (Å²) < 4.78 is 18.1. The van der Waals surface area contributed by atoms with Gasteiger partial charge in [-0.05, 0) is 36.4 Å². The van der Waals surface area contributed by atoms with Crippen LogP contribution in [-0.2, 0) is 0 Å². The van der Waals surface area contributed by atoms with Gasteiger partial charge in [0.1, 0.15) is 11.6 Å². The number of nitrogen functional groups attached to an aromatic ring is 1. The lowest BCUT2D eigenvalue weighted by Gasteiger charge is -2.09. The summed E-state index contributed by atoms with van der Waals surface area (Å²) in [5.41, 5.74) is 6.88. The summed E-state index contributed by atoms with van der Waals surface area (Å²) in [5, 5.41) is 2.55. The van der Waals surface area contributed by atoms with Gasteiger partial charge in [0, 0.05) is 11.3 Å². The summed E-state index contributed by atoms with van der Waals surface area (Å²) in [6, 6.07) is 8.61. The maximum absolute atomic E-state index is 13.0. The first-order valence-electron chi connectivity index (χ1n) is 5.71. The Morgan fingerprint density at radius 1 is 1.30 bits per heavy atom. The van der Waals surface area contributed by atoms with Crippen molar-refractivity contribution in [1.82, 2.24) is 0 Å². The topological polar surface area (TPSA) is 64.3 Å². The number of nitrogens with two attached hydrogens (primary N) is 1. The molecule has 6 heteroatoms. The molecule has 3 N–H and O–H groups in total. The molecule has 0 saturated carbocycles. The second-order valence-corrected chi connectivity index (χ2v) is 4.45. The summed E-state index contributed by atoms with van der Waals surface area (Å²) in [5.74, 6) is -0.500. The molecule has 0 aliphatic carbocycles. The van der Waals surface area contributed by atoms with Crippen LogP contribution in [0.3, 0.4) is 0 Å². The zero-order valence-electron chi connectivity index (χ0n) is 10.6. The van der Waals surface area contributed by atoms with Crippen LogP contribution in [0.15, 0.2) is 36.4 Å². The molecular formula is C14H12ClFN2O2. The highest BCUT2D eigenvalue weighted by Crippen LogP contribution is 2.24. The van der Waals surface area contributed by atoms with Crippen LogP contribution < -0.4 is 15.8 Å². The number of hydrogen-bond donors (Lipinski definition) is 2. The molecule has 4 nitrogen and oxygen atoms in total. The summed E-state index contributed by atoms with van der Waals surface area (Å²) in [6.45, 7) is 0. The zero-order valence-corrected chi connectivity index (χ0v) is 11.4. The number of halogens is 2. The number of amides is 1. The van der Waals surface area contributed by atoms with Gasteiger partial charge in [-0.25, -0.2) is 4.39 Å². The predicted molar refractivity (Wildman–Crippen MR) is 76.8 cm³/mol. The molecule has 0 saturated heterocycles. The highest BCUT2D eigenvalue weighted by Gasteiger charge is 2.10. The fourth-order valence-electron chi connectivity index (χ4n) is 1.63. The molecular weight excluding hydrogens is 283 g/mol. The van der Waals surface area contributed by atoms with E-state index in [1.54, 1.807) is 12.1 Å². The van der Waals surface area contributed by atoms with E-state index in [0.29, 0.717) is 22.7 Å². The van der Waals surface area contributed by atoms with Crippen molar-refractivity contribution in [1.29, 1.82) is 0 Å². The lowest BCUT2D eigenvalue weighted by atomic mass is 10.1. The second kappa shape index (κ2) is 5.79. The first-order valence-corrected chi connectivity index (χ1v) is 6.09. The number of ether oxygens (including phenoxy) is 1. The van der Waals surface area contributed by atoms with Gasteiger partial charge in [0.15, 0.2) is 0 Å². The Morgan fingerprint density at radius 2 is 2.05 bits per heavy atom. The molecule has 2 aromatic rings. The number of carbonyl (C=O) groups is 1. The van der Waals surface area contributed by atoms with E-state index in [-0.39, 0.29) is 10.9 Å². The molecule has 0 aliphatic heterocycles. The van der Waals surface area contributed by atoms with Gasteiger partial charge in [0.05, 0.1) is 17.8 Å². The maximum Gasteiger partial charge on any atom is 0.255 e. The van der Waals surface area contributed by atoms with Crippen molar-refractivity contribution < 1.29 is 13.9 Å². The van der Waals surface area contributed by atoms with Crippen LogP contribution in [0.1, 0.15) is 10.4 Å². The Labute approximate surface area is 120 Å². The largest absolute Gasteiger partial charge is 0.495 e. The van der Waals surface area contributed by atoms with Gasteiger partial charge in [-0.2, -0.15) is 0 Å². The van der Waals surface area contributed by atoms with Crippen molar-refractivity contribution in [3.63, 3.8) is 0 Å². The molecule has 104 valence electrons. The van der Waals surface area contributed by atoms with Crippen molar-refractivity contribution in [2.24, 2.45) is 0 Å². The third-order valence-corrected chi connectivity index (χ3v) is 2.96. The van der Waals surface area contributed by atoms with Crippen molar-refractivity contribution in [2.75, 3.05) is 18.2 Å². The van der Waals surface area contributed by atoms with Gasteiger partial charge >= 0.3 is 0 Å². The Bertz CT molecular complexity index is 662. The predicted octanol–water partition coefficient (Wildman–Crippen LogP) is 3.32. The zero-order chi connectivity index (χ0) is 14.7. The van der Waals surface area contributed by atoms with E-state index in [4.69, 9.17) is 22.1 Å². The van der Waals surface area contributed by atoms with Gasteiger partial charge in [0.2, 0.25) is 0 Å². The van der Waals surface area contributed by atoms with Gasteiger partial charge in [-0.1, -0.05) is 11.6 Å². The Kier molecular flexibility index (Phi) is 4.10. The van der Waals surface area contributed by atoms with E-state index < -0.39 is 5.82 Å². The van der Waals surface area contributed by atoms with Crippen molar-refractivity contribution in [3.05, 3.63) is 52.8 Å². The maximum atomic E-state index is 13.0. The summed E-state index contributed by atoms with van der Waals surface area (Å²) in [7, 11) is 1.47. The minimum Gasteiger partial charge on any atom is -0.495 e. The fraction of sp³-hybridized carbons (Fsp3) is 0.0714. The van der Waals surface area contributed by atoms with Crippen LogP contribution >= 0.6 is 11.6 Å². The standard InChI is InChI=1S/C14H12ClFN2O2/c1-20-13-6-8(2-5-12(13)17)14(19)18-9-3-4-11(16)10(15)7-9/h2-7H,17H2,1H3,(H,18,19). The molecule has 2 rings (SSSR count). The van der Waals surface area contributed by atoms with E-state index in [2.05, 4.69) is 5.32 Å². The molecule has 0 aromatic heterocycles. The van der Waals surface area contributed by atoms with Crippen molar-refractivity contribution >= 4 is 28.9 Å². The number of hydrogen-bond acceptors (Lipinski definition) is 3. The minimum atomic E-state index is -0.543. The smallest absolute Gasteiger partial charge is 0.255 e. The molecule has 0 unspecified atom stereocenters. The van der Waals surface area contributed by atoms with Gasteiger partial charge in [0.25, 0.3) is 5.91 Å². The first-order chi connectivity index (χ1) is 9.51. The van der Waals surface area contributed by atoms with Gasteiger partial charge < -0.3 is 15.8 Å². The minimum absolute atomic E-state index is 0.0577. The number of carbonyl (C=O) groups excluding carboxylic acids is 1. The van der Waals surface area contributed by atoms with Crippen LogP contribution in [0, 0.1) is 5.82 Å². The lowest BCUT2D eigenvalue weighted by Crippen LogP contribution is -2.12. The monoisotopic (exact) mass is 294 g/mol. The van der Waals surface area contributed by atoms with Gasteiger partial charge in [-0.3, -0.25) is 4.79 Å². The molecule has 0 radical (unpaired) electrons. The SMILES string of the molecule is COc1cc(C(=O)Nc2ccc(F)c(Cl)c2)ccc1N. The van der Waals surface area contributed by atoms with Crippen LogP contribution in [0.2, 0.25) is 5.02 Å². The Balaban J connectivity index is 2.21. The van der Waals surface area contributed by atoms with Crippen LogP contribution in [0.5, 0.6) is 5.75 Å². The Hall–Kier alpha value is -2.27. The molecule has 0 heterocycles. The average molecular weight is 295 g/mol. The van der Waals surface area contributed by atoms with Crippen molar-refractivity contribution in [2.45, 2.75) is 0 Å². The molecule has 0 bridgehead atoms. The number of nitrogens with one attached hydrogen (secondary N) is 1. The first kappa shape index (κ1) is 14.1. The van der Waals surface area contributed by atoms with E-state index >= 15 is 0 Å². The quantitative estimate of drug-likeness (QED) is 0.854. The third-order valence-electron chi connectivity index (χ3n) is 2.67. The van der Waals surface area contributed by atoms with Crippen molar-refractivity contribution in [3.8, 4) is 5.75 Å². The molecule has 2 aromatic carbocycles. The van der Waals surface area contributed by atoms with Crippen LogP contribution in [0.25, 0.3) is 0 Å². The molecule has 20 heavy (non-hydrogen) atoms. The number of rotatable bonds is 3. The van der Waals surface area contributed by atoms with Crippen LogP contribution in [-0.4, -0.2) is 13.0 Å². The lowest BCUT2D eigenvalue weighted by molar-refractivity contribution is 0.102. The summed E-state index contributed by atoms with van der Waals surface area (Å²) in [6.07, 6.45) is 0. The summed E-state index contributed by atoms with van der Waals surface area (Å²) in [4.78, 5) is 12.0. The highest BCUT2D eigenvalue weighted by atomic mass is 35.5. The van der Waals surface area contributed by atoms with Gasteiger partial charge in [-0.15, -0.1) is 0 Å². The van der Waals surface area contributed by atoms with E-state index in [0.717, 1.165) is 0 Å². The number of benzene rings is 2. The fourth-order valence-corrected chi connectivity index (χ4v) is 1.81. The molecule has 0 fully saturated rings. The highest BCUT2D eigenvalue weighted by molar-refractivity contribution is 6.31. The normalized spacial score (nSPS) is 10.2. The average Bonchev–Trinajstić information content (AvgIpc) is 2.43. The van der Waals surface area contributed by atoms with Crippen LogP contribution in [0.4, 0.5) is 15.8 Å². The number of anilines is 2. The van der Waals surface area contributed by atoms with E-state index in [1.807, 2.05) is 0 Å². The van der Waals surface area contributed by atoms with E-state index in [9.17, 15) is 9.18 Å². The molecule has 1 amide bonds. The number of methoxy groups -OCH3 is 1. The summed E-state index contributed by atoms with van der Waals surface area (Å²) >= 11 is 5.65. The third kappa shape index (κ3) is 3.00. The second-order valence-electron chi connectivity index (χ2n) is 4.04.